The number of aliphatic hydroxyl groups excluding tert-OH is 1. The first-order valence-corrected chi connectivity index (χ1v) is 6.75. The Labute approximate surface area is 109 Å². The van der Waals surface area contributed by atoms with Gasteiger partial charge >= 0.3 is 6.09 Å². The van der Waals surface area contributed by atoms with Crippen molar-refractivity contribution in [2.45, 2.75) is 51.4 Å². The van der Waals surface area contributed by atoms with E-state index in [1.807, 2.05) is 20.8 Å². The fraction of sp³-hybridized carbons (Fsp3) is 0.923. The van der Waals surface area contributed by atoms with Crippen LogP contribution < -0.4 is 0 Å². The first-order chi connectivity index (χ1) is 8.35. The lowest BCUT2D eigenvalue weighted by Crippen LogP contribution is -2.39. The molecule has 5 heteroatoms. The Morgan fingerprint density at radius 1 is 1.22 bits per heavy atom. The molecule has 0 radical (unpaired) electrons. The summed E-state index contributed by atoms with van der Waals surface area (Å²) in [4.78, 5) is 16.0. The molecular weight excluding hydrogens is 232 g/mol. The summed E-state index contributed by atoms with van der Waals surface area (Å²) >= 11 is 0. The van der Waals surface area contributed by atoms with Crippen LogP contribution >= 0.6 is 0 Å². The molecule has 2 heterocycles. The summed E-state index contributed by atoms with van der Waals surface area (Å²) in [5.74, 6) is 0. The van der Waals surface area contributed by atoms with E-state index < -0.39 is 5.60 Å². The predicted octanol–water partition coefficient (Wildman–Crippen LogP) is 1.06. The number of carbonyl (C=O) groups excluding carboxylic acids is 1. The minimum Gasteiger partial charge on any atom is -0.444 e. The third-order valence-corrected chi connectivity index (χ3v) is 3.53. The second kappa shape index (κ2) is 5.05. The molecule has 1 N–H and O–H groups in total. The second-order valence-electron chi connectivity index (χ2n) is 6.31. The quantitative estimate of drug-likeness (QED) is 0.762. The van der Waals surface area contributed by atoms with Gasteiger partial charge in [-0.25, -0.2) is 4.79 Å². The number of hydrogen-bond donors (Lipinski definition) is 1. The Kier molecular flexibility index (Phi) is 3.82. The molecule has 0 spiro atoms. The SMILES string of the molecule is CC(C)(C)OC(=O)N1CC[C@@H](N2CC[C@H](O)C2)C1. The molecule has 2 atom stereocenters. The average Bonchev–Trinajstić information content (AvgIpc) is 2.82. The maximum atomic E-state index is 11.9. The van der Waals surface area contributed by atoms with Crippen molar-refractivity contribution < 1.29 is 14.6 Å². The average molecular weight is 256 g/mol. The number of aliphatic hydroxyl groups is 1. The topological polar surface area (TPSA) is 53.0 Å². The molecule has 2 rings (SSSR count). The second-order valence-corrected chi connectivity index (χ2v) is 6.31. The maximum absolute atomic E-state index is 11.9. The van der Waals surface area contributed by atoms with Crippen LogP contribution in [0.5, 0.6) is 0 Å². The molecule has 1 amide bonds. The van der Waals surface area contributed by atoms with Crippen LogP contribution in [0, 0.1) is 0 Å². The molecule has 0 unspecified atom stereocenters. The minimum atomic E-state index is -0.432. The van der Waals surface area contributed by atoms with Crippen LogP contribution in [0.2, 0.25) is 0 Å². The molecule has 2 fully saturated rings. The smallest absolute Gasteiger partial charge is 0.410 e. The van der Waals surface area contributed by atoms with E-state index in [0.717, 1.165) is 39.0 Å². The third-order valence-electron chi connectivity index (χ3n) is 3.53. The Bertz CT molecular complexity index is 314. The lowest BCUT2D eigenvalue weighted by atomic mass is 10.2. The maximum Gasteiger partial charge on any atom is 0.410 e. The van der Waals surface area contributed by atoms with E-state index in [9.17, 15) is 9.90 Å². The number of rotatable bonds is 1. The molecule has 2 saturated heterocycles. The molecule has 0 aromatic rings. The van der Waals surface area contributed by atoms with Crippen molar-refractivity contribution in [2.75, 3.05) is 26.2 Å². The van der Waals surface area contributed by atoms with Crippen molar-refractivity contribution in [2.24, 2.45) is 0 Å². The lowest BCUT2D eigenvalue weighted by molar-refractivity contribution is 0.0281. The highest BCUT2D eigenvalue weighted by Gasteiger charge is 2.35. The highest BCUT2D eigenvalue weighted by Crippen LogP contribution is 2.22. The predicted molar refractivity (Wildman–Crippen MR) is 68.4 cm³/mol. The van der Waals surface area contributed by atoms with Crippen molar-refractivity contribution >= 4 is 6.09 Å². The van der Waals surface area contributed by atoms with Crippen LogP contribution in [0.25, 0.3) is 0 Å². The molecule has 0 saturated carbocycles. The van der Waals surface area contributed by atoms with Crippen molar-refractivity contribution in [3.8, 4) is 0 Å². The third kappa shape index (κ3) is 3.36. The molecule has 2 aliphatic rings. The van der Waals surface area contributed by atoms with Crippen LogP contribution in [0.15, 0.2) is 0 Å². The van der Waals surface area contributed by atoms with Crippen LogP contribution in [0.3, 0.4) is 0 Å². The summed E-state index contributed by atoms with van der Waals surface area (Å²) in [6.07, 6.45) is 1.42. The first kappa shape index (κ1) is 13.6. The van der Waals surface area contributed by atoms with Crippen LogP contribution in [-0.2, 0) is 4.74 Å². The van der Waals surface area contributed by atoms with Gasteiger partial charge in [0.25, 0.3) is 0 Å². The zero-order valence-corrected chi connectivity index (χ0v) is 11.6. The summed E-state index contributed by atoms with van der Waals surface area (Å²) < 4.78 is 5.37. The molecule has 5 nitrogen and oxygen atoms in total. The standard InChI is InChI=1S/C13H24N2O3/c1-13(2,3)18-12(17)15-6-4-10(8-15)14-7-5-11(16)9-14/h10-11,16H,4-9H2,1-3H3/t10-,11+/m1/s1. The molecule has 2 aliphatic heterocycles. The first-order valence-electron chi connectivity index (χ1n) is 6.75. The Morgan fingerprint density at radius 2 is 1.94 bits per heavy atom. The normalized spacial score (nSPS) is 29.9. The molecule has 0 aromatic carbocycles. The monoisotopic (exact) mass is 256 g/mol. The van der Waals surface area contributed by atoms with Crippen LogP contribution in [-0.4, -0.2) is 64.9 Å². The Hall–Kier alpha value is -0.810. The Balaban J connectivity index is 1.83. The van der Waals surface area contributed by atoms with E-state index in [1.165, 1.54) is 0 Å². The fourth-order valence-electron chi connectivity index (χ4n) is 2.63. The van der Waals surface area contributed by atoms with E-state index >= 15 is 0 Å². The summed E-state index contributed by atoms with van der Waals surface area (Å²) in [6, 6.07) is 0.384. The summed E-state index contributed by atoms with van der Waals surface area (Å²) in [5, 5.41) is 9.54. The van der Waals surface area contributed by atoms with E-state index in [1.54, 1.807) is 4.90 Å². The Morgan fingerprint density at radius 3 is 2.50 bits per heavy atom. The van der Waals surface area contributed by atoms with Gasteiger partial charge in [-0.05, 0) is 33.6 Å². The summed E-state index contributed by atoms with van der Waals surface area (Å²) in [5.41, 5.74) is -0.432. The molecule has 0 aliphatic carbocycles. The van der Waals surface area contributed by atoms with E-state index in [4.69, 9.17) is 4.74 Å². The van der Waals surface area contributed by atoms with Gasteiger partial charge in [-0.15, -0.1) is 0 Å². The number of nitrogens with zero attached hydrogens (tertiary/aromatic N) is 2. The van der Waals surface area contributed by atoms with Gasteiger partial charge in [-0.3, -0.25) is 4.90 Å². The van der Waals surface area contributed by atoms with E-state index in [0.29, 0.717) is 6.04 Å². The van der Waals surface area contributed by atoms with Gasteiger partial charge < -0.3 is 14.7 Å². The number of β-amino-alcohol motifs (C(OH)–C–C–N with tert-alkyl or cyclic N) is 1. The fourth-order valence-corrected chi connectivity index (χ4v) is 2.63. The highest BCUT2D eigenvalue weighted by molar-refractivity contribution is 5.68. The lowest BCUT2D eigenvalue weighted by Gasteiger charge is -2.26. The number of likely N-dealkylation sites (tertiary alicyclic amines) is 2. The van der Waals surface area contributed by atoms with Gasteiger partial charge in [0.1, 0.15) is 5.60 Å². The van der Waals surface area contributed by atoms with Gasteiger partial charge in [-0.1, -0.05) is 0 Å². The largest absolute Gasteiger partial charge is 0.444 e. The van der Waals surface area contributed by atoms with Crippen molar-refractivity contribution in [3.05, 3.63) is 0 Å². The molecule has 0 aromatic heterocycles. The van der Waals surface area contributed by atoms with Gasteiger partial charge in [-0.2, -0.15) is 0 Å². The minimum absolute atomic E-state index is 0.194. The van der Waals surface area contributed by atoms with Crippen molar-refractivity contribution in [3.63, 3.8) is 0 Å². The van der Waals surface area contributed by atoms with Gasteiger partial charge in [0.15, 0.2) is 0 Å². The number of ether oxygens (including phenoxy) is 1. The summed E-state index contributed by atoms with van der Waals surface area (Å²) in [6.45, 7) is 8.81. The molecule has 18 heavy (non-hydrogen) atoms. The van der Waals surface area contributed by atoms with Gasteiger partial charge in [0.2, 0.25) is 0 Å². The number of hydrogen-bond acceptors (Lipinski definition) is 4. The molecule has 0 bridgehead atoms. The highest BCUT2D eigenvalue weighted by atomic mass is 16.6. The number of amides is 1. The van der Waals surface area contributed by atoms with Crippen molar-refractivity contribution in [1.29, 1.82) is 0 Å². The van der Waals surface area contributed by atoms with Gasteiger partial charge in [0.05, 0.1) is 6.10 Å². The van der Waals surface area contributed by atoms with E-state index in [2.05, 4.69) is 4.90 Å². The number of carbonyl (C=O) groups is 1. The van der Waals surface area contributed by atoms with E-state index in [-0.39, 0.29) is 12.2 Å². The van der Waals surface area contributed by atoms with Crippen molar-refractivity contribution in [1.82, 2.24) is 9.80 Å². The summed E-state index contributed by atoms with van der Waals surface area (Å²) in [7, 11) is 0. The van der Waals surface area contributed by atoms with Gasteiger partial charge in [0, 0.05) is 32.2 Å². The van der Waals surface area contributed by atoms with Crippen LogP contribution in [0.4, 0.5) is 4.79 Å². The zero-order chi connectivity index (χ0) is 13.3. The van der Waals surface area contributed by atoms with Crippen LogP contribution in [0.1, 0.15) is 33.6 Å². The molecule has 104 valence electrons. The zero-order valence-electron chi connectivity index (χ0n) is 11.6. The molecular formula is C13H24N2O3.